The highest BCUT2D eigenvalue weighted by atomic mass is 16.6. The number of amides is 3. The summed E-state index contributed by atoms with van der Waals surface area (Å²) < 4.78 is 10.7. The van der Waals surface area contributed by atoms with Crippen molar-refractivity contribution in [1.29, 1.82) is 0 Å². The Labute approximate surface area is 224 Å². The van der Waals surface area contributed by atoms with Crippen molar-refractivity contribution >= 4 is 23.9 Å². The lowest BCUT2D eigenvalue weighted by Gasteiger charge is -2.29. The lowest BCUT2D eigenvalue weighted by atomic mass is 9.98. The molecule has 10 heteroatoms. The van der Waals surface area contributed by atoms with E-state index in [1.165, 1.54) is 6.08 Å². The van der Waals surface area contributed by atoms with Gasteiger partial charge < -0.3 is 30.1 Å². The predicted octanol–water partition coefficient (Wildman–Crippen LogP) is 2.47. The predicted molar refractivity (Wildman–Crippen MR) is 142 cm³/mol. The number of rotatable bonds is 15. The molecule has 0 bridgehead atoms. The van der Waals surface area contributed by atoms with E-state index in [-0.39, 0.29) is 50.5 Å². The Kier molecular flexibility index (Phi) is 13.1. The summed E-state index contributed by atoms with van der Waals surface area (Å²) in [6.07, 6.45) is 4.16. The lowest BCUT2D eigenvalue weighted by molar-refractivity contribution is -0.150. The summed E-state index contributed by atoms with van der Waals surface area (Å²) in [5, 5.41) is 14.3. The Morgan fingerprint density at radius 3 is 2.47 bits per heavy atom. The summed E-state index contributed by atoms with van der Waals surface area (Å²) in [5.74, 6) is -1.79. The van der Waals surface area contributed by atoms with Crippen molar-refractivity contribution in [2.24, 2.45) is 5.92 Å². The fourth-order valence-electron chi connectivity index (χ4n) is 4.18. The number of carbonyl (C=O) groups excluding carboxylic acids is 4. The van der Waals surface area contributed by atoms with E-state index in [1.807, 2.05) is 30.3 Å². The quantitative estimate of drug-likeness (QED) is 0.235. The van der Waals surface area contributed by atoms with Gasteiger partial charge in [-0.15, -0.1) is 13.2 Å². The van der Waals surface area contributed by atoms with E-state index in [9.17, 15) is 19.2 Å². The highest BCUT2D eigenvalue weighted by Crippen LogP contribution is 2.23. The van der Waals surface area contributed by atoms with Crippen LogP contribution < -0.4 is 10.6 Å². The van der Waals surface area contributed by atoms with Crippen LogP contribution in [-0.4, -0.2) is 71.8 Å². The molecule has 2 rings (SSSR count). The third-order valence-corrected chi connectivity index (χ3v) is 6.18. The summed E-state index contributed by atoms with van der Waals surface area (Å²) in [5.41, 5.74) is 0.812. The number of hydrogen-bond donors (Lipinski definition) is 3. The van der Waals surface area contributed by atoms with Crippen molar-refractivity contribution in [3.05, 3.63) is 61.2 Å². The number of aliphatic hydroxyl groups excluding tert-OH is 1. The molecule has 0 spiro atoms. The minimum atomic E-state index is -0.980. The highest BCUT2D eigenvalue weighted by molar-refractivity contribution is 5.86. The number of carbonyl (C=O) groups is 4. The highest BCUT2D eigenvalue weighted by Gasteiger charge is 2.35. The van der Waals surface area contributed by atoms with Gasteiger partial charge in [0.25, 0.3) is 0 Å². The first-order valence-electron chi connectivity index (χ1n) is 12.8. The van der Waals surface area contributed by atoms with Crippen molar-refractivity contribution in [1.82, 2.24) is 15.5 Å². The summed E-state index contributed by atoms with van der Waals surface area (Å²) in [7, 11) is 0. The third-order valence-electron chi connectivity index (χ3n) is 6.18. The number of aliphatic hydroxyl groups is 1. The average molecular weight is 530 g/mol. The molecule has 1 aliphatic heterocycles. The zero-order valence-electron chi connectivity index (χ0n) is 22.0. The van der Waals surface area contributed by atoms with Crippen molar-refractivity contribution in [2.75, 3.05) is 19.8 Å². The van der Waals surface area contributed by atoms with Crippen molar-refractivity contribution in [3.8, 4) is 0 Å². The maximum absolute atomic E-state index is 13.3. The zero-order chi connectivity index (χ0) is 27.9. The number of benzene rings is 1. The van der Waals surface area contributed by atoms with E-state index in [4.69, 9.17) is 14.6 Å². The van der Waals surface area contributed by atoms with Gasteiger partial charge >= 0.3 is 12.1 Å². The fraction of sp³-hybridized carbons (Fsp3) is 0.500. The number of esters is 1. The molecule has 4 atom stereocenters. The molecule has 208 valence electrons. The number of nitrogens with zero attached hydrogens (tertiary/aromatic N) is 1. The molecule has 10 nitrogen and oxygen atoms in total. The van der Waals surface area contributed by atoms with E-state index >= 15 is 0 Å². The summed E-state index contributed by atoms with van der Waals surface area (Å²) in [6, 6.07) is 7.43. The van der Waals surface area contributed by atoms with Crippen LogP contribution in [-0.2, 0) is 30.5 Å². The van der Waals surface area contributed by atoms with Crippen LogP contribution in [0, 0.1) is 5.92 Å². The van der Waals surface area contributed by atoms with Crippen LogP contribution in [0.4, 0.5) is 4.79 Å². The number of allylic oxidation sites excluding steroid dienone is 1. The Morgan fingerprint density at radius 2 is 1.82 bits per heavy atom. The number of likely N-dealkylation sites (tertiary alicyclic amines) is 1. The minimum Gasteiger partial charge on any atom is -0.462 e. The Bertz CT molecular complexity index is 953. The maximum atomic E-state index is 13.3. The number of hydrogen-bond acceptors (Lipinski definition) is 7. The molecule has 0 radical (unpaired) electrons. The van der Waals surface area contributed by atoms with Crippen LogP contribution in [0.1, 0.15) is 44.6 Å². The monoisotopic (exact) mass is 529 g/mol. The van der Waals surface area contributed by atoms with Crippen LogP contribution >= 0.6 is 0 Å². The molecule has 3 N–H and O–H groups in total. The van der Waals surface area contributed by atoms with Gasteiger partial charge in [-0.3, -0.25) is 9.59 Å². The van der Waals surface area contributed by atoms with E-state index in [1.54, 1.807) is 17.9 Å². The molecular formula is C28H39N3O7. The molecular weight excluding hydrogens is 490 g/mol. The number of nitrogens with one attached hydrogen (secondary N) is 2. The van der Waals surface area contributed by atoms with E-state index in [2.05, 4.69) is 23.8 Å². The zero-order valence-corrected chi connectivity index (χ0v) is 22.0. The van der Waals surface area contributed by atoms with Gasteiger partial charge in [-0.05, 0) is 38.2 Å². The van der Waals surface area contributed by atoms with Crippen LogP contribution in [0.15, 0.2) is 55.6 Å². The Balaban J connectivity index is 1.92. The van der Waals surface area contributed by atoms with Crippen LogP contribution in [0.5, 0.6) is 0 Å². The molecule has 1 fully saturated rings. The fourth-order valence-corrected chi connectivity index (χ4v) is 4.18. The molecule has 1 heterocycles. The molecule has 38 heavy (non-hydrogen) atoms. The molecule has 1 aromatic rings. The smallest absolute Gasteiger partial charge is 0.408 e. The first-order chi connectivity index (χ1) is 18.3. The van der Waals surface area contributed by atoms with Gasteiger partial charge in [-0.1, -0.05) is 42.5 Å². The second-order valence-electron chi connectivity index (χ2n) is 9.32. The standard InChI is InChI=1S/C28H39N3O7/c1-4-10-22(16-25(33)29-20(3)17-32)26(34)31-15-9-14-23(31)19-37-27(35)24(11-5-2)30-28(36)38-18-21-12-7-6-8-13-21/h4-8,12-13,20,22-24,32H,1-2,9-11,14-19H2,3H3,(H,29,33)(H,30,36)/t20-,22-,23+,24-/m1/s1. The Morgan fingerprint density at radius 1 is 1.11 bits per heavy atom. The Hall–Kier alpha value is -3.66. The largest absolute Gasteiger partial charge is 0.462 e. The number of ether oxygens (including phenoxy) is 2. The van der Waals surface area contributed by atoms with Crippen LogP contribution in [0.25, 0.3) is 0 Å². The molecule has 3 amide bonds. The second-order valence-corrected chi connectivity index (χ2v) is 9.32. The molecule has 0 saturated carbocycles. The topological polar surface area (TPSA) is 134 Å². The molecule has 0 aromatic heterocycles. The molecule has 0 unspecified atom stereocenters. The second kappa shape index (κ2) is 16.2. The number of alkyl carbamates (subject to hydrolysis) is 1. The molecule has 1 aromatic carbocycles. The van der Waals surface area contributed by atoms with E-state index < -0.39 is 30.1 Å². The molecule has 0 aliphatic carbocycles. The molecule has 1 saturated heterocycles. The van der Waals surface area contributed by atoms with Gasteiger partial charge in [0.15, 0.2) is 0 Å². The maximum Gasteiger partial charge on any atom is 0.408 e. The summed E-state index contributed by atoms with van der Waals surface area (Å²) in [6.45, 7) is 9.32. The lowest BCUT2D eigenvalue weighted by Crippen LogP contribution is -2.46. The van der Waals surface area contributed by atoms with E-state index in [0.29, 0.717) is 19.4 Å². The normalized spacial score (nSPS) is 17.0. The van der Waals surface area contributed by atoms with Crippen molar-refractivity contribution < 1.29 is 33.8 Å². The summed E-state index contributed by atoms with van der Waals surface area (Å²) in [4.78, 5) is 52.2. The van der Waals surface area contributed by atoms with Crippen molar-refractivity contribution in [2.45, 2.75) is 63.8 Å². The summed E-state index contributed by atoms with van der Waals surface area (Å²) >= 11 is 0. The van der Waals surface area contributed by atoms with Gasteiger partial charge in [-0.2, -0.15) is 0 Å². The van der Waals surface area contributed by atoms with Gasteiger partial charge in [0.05, 0.1) is 18.6 Å². The minimum absolute atomic E-state index is 0.0331. The van der Waals surface area contributed by atoms with Gasteiger partial charge in [-0.25, -0.2) is 9.59 Å². The van der Waals surface area contributed by atoms with Crippen LogP contribution in [0.3, 0.4) is 0 Å². The average Bonchev–Trinajstić information content (AvgIpc) is 3.38. The van der Waals surface area contributed by atoms with Crippen molar-refractivity contribution in [3.63, 3.8) is 0 Å². The van der Waals surface area contributed by atoms with Gasteiger partial charge in [0.2, 0.25) is 11.8 Å². The SMILES string of the molecule is C=CC[C@H](CC(=O)N[C@H](C)CO)C(=O)N1CCC[C@H]1COC(=O)[C@@H](CC=C)NC(=O)OCc1ccccc1. The van der Waals surface area contributed by atoms with E-state index in [0.717, 1.165) is 12.0 Å². The molecule has 1 aliphatic rings. The first-order valence-corrected chi connectivity index (χ1v) is 12.8. The first kappa shape index (κ1) is 30.6. The van der Waals surface area contributed by atoms with Gasteiger partial charge in [0, 0.05) is 19.0 Å². The van der Waals surface area contributed by atoms with Gasteiger partial charge in [0.1, 0.15) is 19.3 Å². The third kappa shape index (κ3) is 10.0. The van der Waals surface area contributed by atoms with Crippen LogP contribution in [0.2, 0.25) is 0 Å².